The lowest BCUT2D eigenvalue weighted by molar-refractivity contribution is -0.137. The van der Waals surface area contributed by atoms with Gasteiger partial charge in [0.15, 0.2) is 0 Å². The second-order valence-electron chi connectivity index (χ2n) is 8.38. The van der Waals surface area contributed by atoms with Crippen LogP contribution in [-0.2, 0) is 23.8 Å². The van der Waals surface area contributed by atoms with Gasteiger partial charge in [0.1, 0.15) is 5.69 Å². The molecule has 2 aromatic carbocycles. The molecule has 9 heteroatoms. The maximum absolute atomic E-state index is 12.9. The predicted octanol–water partition coefficient (Wildman–Crippen LogP) is 4.81. The molecule has 170 valence electrons. The van der Waals surface area contributed by atoms with E-state index in [-0.39, 0.29) is 17.5 Å². The molecule has 4 rings (SSSR count). The second-order valence-corrected chi connectivity index (χ2v) is 8.38. The van der Waals surface area contributed by atoms with Gasteiger partial charge < -0.3 is 15.3 Å². The van der Waals surface area contributed by atoms with E-state index in [1.807, 2.05) is 18.2 Å². The van der Waals surface area contributed by atoms with E-state index in [1.54, 1.807) is 4.90 Å². The molecule has 2 aliphatic rings. The number of benzene rings is 2. The van der Waals surface area contributed by atoms with Crippen molar-refractivity contribution in [2.75, 3.05) is 23.3 Å². The number of piperidine rings is 1. The number of aliphatic hydroxyl groups excluding tert-OH is 1. The van der Waals surface area contributed by atoms with Gasteiger partial charge in [-0.3, -0.25) is 4.79 Å². The Bertz CT molecular complexity index is 1020. The predicted molar refractivity (Wildman–Crippen MR) is 115 cm³/mol. The molecule has 0 aromatic heterocycles. The minimum Gasteiger partial charge on any atom is -0.393 e. The molecule has 1 aliphatic carbocycles. The van der Waals surface area contributed by atoms with E-state index in [2.05, 4.69) is 10.5 Å². The Balaban J connectivity index is 1.41. The Morgan fingerprint density at radius 2 is 1.88 bits per heavy atom. The van der Waals surface area contributed by atoms with Gasteiger partial charge in [0.25, 0.3) is 0 Å². The number of aryl methyl sites for hydroxylation is 1. The number of hydrogen-bond acceptors (Lipinski definition) is 5. The highest BCUT2D eigenvalue weighted by Gasteiger charge is 2.33. The van der Waals surface area contributed by atoms with Gasteiger partial charge in [-0.25, -0.2) is 0 Å². The molecule has 6 nitrogen and oxygen atoms in total. The van der Waals surface area contributed by atoms with E-state index in [0.29, 0.717) is 44.5 Å². The number of aliphatic hydroxyl groups is 1. The van der Waals surface area contributed by atoms with Crippen LogP contribution in [0.25, 0.3) is 0 Å². The van der Waals surface area contributed by atoms with Crippen molar-refractivity contribution in [2.45, 2.75) is 44.4 Å². The number of carbonyl (C=O) groups excluding carboxylic acids is 1. The zero-order valence-electron chi connectivity index (χ0n) is 17.4. The molecule has 1 unspecified atom stereocenters. The van der Waals surface area contributed by atoms with Crippen molar-refractivity contribution >= 4 is 23.0 Å². The normalized spacial score (nSPS) is 19.4. The van der Waals surface area contributed by atoms with Gasteiger partial charge in [-0.1, -0.05) is 12.1 Å². The molecular weight excluding hydrogens is 423 g/mol. The molecule has 1 saturated heterocycles. The Morgan fingerprint density at radius 1 is 1.12 bits per heavy atom. The van der Waals surface area contributed by atoms with Crippen LogP contribution in [-0.4, -0.2) is 30.2 Å². The lowest BCUT2D eigenvalue weighted by atomic mass is 9.88. The molecule has 1 heterocycles. The van der Waals surface area contributed by atoms with Gasteiger partial charge in [-0.2, -0.15) is 13.2 Å². The molecule has 2 aromatic rings. The van der Waals surface area contributed by atoms with Crippen molar-refractivity contribution in [3.05, 3.63) is 58.0 Å². The number of anilines is 2. The van der Waals surface area contributed by atoms with Crippen molar-refractivity contribution in [2.24, 2.45) is 11.1 Å². The van der Waals surface area contributed by atoms with Gasteiger partial charge >= 0.3 is 6.18 Å². The number of halogens is 3. The summed E-state index contributed by atoms with van der Waals surface area (Å²) in [6.07, 6.45) is -1.95. The van der Waals surface area contributed by atoms with E-state index >= 15 is 0 Å². The first-order valence-electron chi connectivity index (χ1n) is 10.7. The summed E-state index contributed by atoms with van der Waals surface area (Å²) in [4.78, 5) is 25.8. The van der Waals surface area contributed by atoms with Gasteiger partial charge in [-0.05, 0) is 66.3 Å². The number of alkyl halides is 3. The van der Waals surface area contributed by atoms with E-state index in [1.165, 1.54) is 6.07 Å². The van der Waals surface area contributed by atoms with E-state index in [0.717, 1.165) is 35.4 Å². The average molecular weight is 447 g/mol. The number of amides is 1. The van der Waals surface area contributed by atoms with Crippen LogP contribution in [0, 0.1) is 10.8 Å². The summed E-state index contributed by atoms with van der Waals surface area (Å²) >= 11 is 0. The summed E-state index contributed by atoms with van der Waals surface area (Å²) in [6.45, 7) is 0.856. The highest BCUT2D eigenvalue weighted by molar-refractivity contribution is 5.93. The number of nitrogens with zero attached hydrogens (tertiary/aromatic N) is 2. The highest BCUT2D eigenvalue weighted by atomic mass is 19.4. The smallest absolute Gasteiger partial charge is 0.393 e. The molecule has 0 radical (unpaired) electrons. The monoisotopic (exact) mass is 447 g/mol. The van der Waals surface area contributed by atoms with Crippen LogP contribution >= 0.6 is 0 Å². The Labute approximate surface area is 183 Å². The van der Waals surface area contributed by atoms with Crippen LogP contribution in [0.1, 0.15) is 36.0 Å². The number of fused-ring (bicyclic) bond motifs is 1. The third-order valence-electron chi connectivity index (χ3n) is 6.33. The topological polar surface area (TPSA) is 82.0 Å². The fraction of sp³-hybridized carbons (Fsp3) is 0.435. The molecule has 1 atom stereocenters. The van der Waals surface area contributed by atoms with E-state index < -0.39 is 17.8 Å². The minimum absolute atomic E-state index is 0.112. The standard InChI is InChI=1S/C23H24F3N3O3/c24-23(25,26)16-5-7-21(20(12-16)28-32)29-10-8-15(9-11-29)22(31)27-19-3-1-2-14-4-6-17(30)13-18(14)19/h1-3,5,7,12,15,17,30H,4,6,8-11,13H2,(H,27,31). The summed E-state index contributed by atoms with van der Waals surface area (Å²) in [7, 11) is 0. The lowest BCUT2D eigenvalue weighted by Gasteiger charge is -2.33. The van der Waals surface area contributed by atoms with Crippen LogP contribution in [0.3, 0.4) is 0 Å². The van der Waals surface area contributed by atoms with Gasteiger partial charge in [0, 0.05) is 31.1 Å². The number of rotatable bonds is 4. The number of nitrogens with one attached hydrogen (secondary N) is 1. The molecule has 0 spiro atoms. The van der Waals surface area contributed by atoms with Crippen molar-refractivity contribution in [1.82, 2.24) is 0 Å². The minimum atomic E-state index is -4.55. The van der Waals surface area contributed by atoms with Crippen molar-refractivity contribution in [1.29, 1.82) is 0 Å². The third-order valence-corrected chi connectivity index (χ3v) is 6.33. The summed E-state index contributed by atoms with van der Waals surface area (Å²) in [5.74, 6) is -0.364. The second kappa shape index (κ2) is 8.90. The number of nitroso groups, excluding NO2 is 1. The van der Waals surface area contributed by atoms with E-state index in [4.69, 9.17) is 0 Å². The summed E-state index contributed by atoms with van der Waals surface area (Å²) in [5, 5.41) is 15.8. The number of carbonyl (C=O) groups is 1. The maximum Gasteiger partial charge on any atom is 0.416 e. The number of hydrogen-bond donors (Lipinski definition) is 2. The molecule has 0 bridgehead atoms. The summed E-state index contributed by atoms with van der Waals surface area (Å²) in [5.41, 5.74) is 2.02. The molecule has 1 aliphatic heterocycles. The molecule has 32 heavy (non-hydrogen) atoms. The highest BCUT2D eigenvalue weighted by Crippen LogP contribution is 2.38. The Morgan fingerprint density at radius 3 is 2.56 bits per heavy atom. The van der Waals surface area contributed by atoms with Crippen molar-refractivity contribution in [3.63, 3.8) is 0 Å². The molecule has 1 amide bonds. The fourth-order valence-electron chi connectivity index (χ4n) is 4.54. The van der Waals surface area contributed by atoms with Crippen LogP contribution in [0.5, 0.6) is 0 Å². The van der Waals surface area contributed by atoms with E-state index in [9.17, 15) is 28.0 Å². The van der Waals surface area contributed by atoms with Crippen LogP contribution in [0.4, 0.5) is 30.2 Å². The van der Waals surface area contributed by atoms with Crippen LogP contribution in [0.2, 0.25) is 0 Å². The molecule has 0 saturated carbocycles. The Hall–Kier alpha value is -2.94. The zero-order chi connectivity index (χ0) is 22.9. The van der Waals surface area contributed by atoms with Crippen LogP contribution in [0.15, 0.2) is 41.6 Å². The van der Waals surface area contributed by atoms with Crippen LogP contribution < -0.4 is 10.2 Å². The fourth-order valence-corrected chi connectivity index (χ4v) is 4.54. The maximum atomic E-state index is 12.9. The van der Waals surface area contributed by atoms with Gasteiger partial charge in [-0.15, -0.1) is 4.91 Å². The third kappa shape index (κ3) is 4.62. The average Bonchev–Trinajstić information content (AvgIpc) is 2.78. The van der Waals surface area contributed by atoms with Gasteiger partial charge in [0.05, 0.1) is 17.4 Å². The summed E-state index contributed by atoms with van der Waals surface area (Å²) < 4.78 is 38.7. The SMILES string of the molecule is O=Nc1cc(C(F)(F)F)ccc1N1CCC(C(=O)Nc2cccc3c2CC(O)CC3)CC1. The lowest BCUT2D eigenvalue weighted by Crippen LogP contribution is -2.38. The van der Waals surface area contributed by atoms with Gasteiger partial charge in [0.2, 0.25) is 5.91 Å². The first kappa shape index (κ1) is 22.3. The summed E-state index contributed by atoms with van der Waals surface area (Å²) in [6, 6.07) is 8.71. The molecular formula is C23H24F3N3O3. The first-order chi connectivity index (χ1) is 15.3. The zero-order valence-corrected chi connectivity index (χ0v) is 17.4. The quantitative estimate of drug-likeness (QED) is 0.660. The molecule has 1 fully saturated rings. The Kier molecular flexibility index (Phi) is 6.19. The van der Waals surface area contributed by atoms with Crippen molar-refractivity contribution in [3.8, 4) is 0 Å². The first-order valence-corrected chi connectivity index (χ1v) is 10.7. The molecule has 2 N–H and O–H groups in total. The largest absolute Gasteiger partial charge is 0.416 e. The van der Waals surface area contributed by atoms with Crippen molar-refractivity contribution < 1.29 is 23.1 Å².